The van der Waals surface area contributed by atoms with Crippen molar-refractivity contribution in [3.8, 4) is 5.82 Å². The normalized spacial score (nSPS) is 11.3. The van der Waals surface area contributed by atoms with Crippen molar-refractivity contribution in [2.45, 2.75) is 13.8 Å². The highest BCUT2D eigenvalue weighted by atomic mass is 35.5. The number of nitrogens with one attached hydrogen (secondary N) is 1. The zero-order chi connectivity index (χ0) is 21.3. The van der Waals surface area contributed by atoms with Crippen LogP contribution >= 0.6 is 23.2 Å². The standard InChI is InChI=1S/C23H18Cl2N4O/c1-14-11-21(26-20-6-4-3-5-18(14)20)29-22(12-15(2)28-29)27-23(30)10-8-16-7-9-17(24)13-19(16)25/h3-13H,1-2H3,(H,27,30)/b10-8+. The molecule has 0 saturated heterocycles. The van der Waals surface area contributed by atoms with E-state index in [-0.39, 0.29) is 5.91 Å². The zero-order valence-electron chi connectivity index (χ0n) is 16.4. The fourth-order valence-electron chi connectivity index (χ4n) is 3.17. The number of amides is 1. The van der Waals surface area contributed by atoms with Gasteiger partial charge in [0.25, 0.3) is 0 Å². The van der Waals surface area contributed by atoms with Crippen molar-refractivity contribution in [1.82, 2.24) is 14.8 Å². The summed E-state index contributed by atoms with van der Waals surface area (Å²) in [5, 5.41) is 9.47. The van der Waals surface area contributed by atoms with Crippen molar-refractivity contribution in [2.24, 2.45) is 0 Å². The molecule has 1 N–H and O–H groups in total. The molecule has 0 bridgehead atoms. The number of nitrogens with zero attached hydrogens (tertiary/aromatic N) is 3. The molecular weight excluding hydrogens is 419 g/mol. The largest absolute Gasteiger partial charge is 0.307 e. The molecule has 2 heterocycles. The number of halogens is 2. The first kappa shape index (κ1) is 20.1. The van der Waals surface area contributed by atoms with Crippen LogP contribution in [0.2, 0.25) is 10.0 Å². The molecule has 0 aliphatic heterocycles. The number of anilines is 1. The lowest BCUT2D eigenvalue weighted by atomic mass is 10.1. The second kappa shape index (κ2) is 8.30. The summed E-state index contributed by atoms with van der Waals surface area (Å²) in [4.78, 5) is 17.2. The van der Waals surface area contributed by atoms with Gasteiger partial charge in [-0.3, -0.25) is 4.79 Å². The van der Waals surface area contributed by atoms with Gasteiger partial charge in [-0.05, 0) is 55.3 Å². The van der Waals surface area contributed by atoms with Crippen LogP contribution in [0.25, 0.3) is 22.8 Å². The van der Waals surface area contributed by atoms with Crippen LogP contribution in [0.5, 0.6) is 0 Å². The maximum absolute atomic E-state index is 12.5. The summed E-state index contributed by atoms with van der Waals surface area (Å²) in [5.41, 5.74) is 3.42. The molecule has 150 valence electrons. The van der Waals surface area contributed by atoms with Gasteiger partial charge in [0.1, 0.15) is 5.82 Å². The Labute approximate surface area is 184 Å². The molecule has 30 heavy (non-hydrogen) atoms. The third-order valence-corrected chi connectivity index (χ3v) is 5.15. The second-order valence-electron chi connectivity index (χ2n) is 6.89. The Kier molecular flexibility index (Phi) is 5.57. The molecule has 5 nitrogen and oxygen atoms in total. The van der Waals surface area contributed by atoms with Crippen LogP contribution in [0.3, 0.4) is 0 Å². The van der Waals surface area contributed by atoms with Gasteiger partial charge >= 0.3 is 0 Å². The number of para-hydroxylation sites is 1. The van der Waals surface area contributed by atoms with Crippen molar-refractivity contribution < 1.29 is 4.79 Å². The molecule has 2 aromatic carbocycles. The molecule has 4 aromatic rings. The molecule has 0 aliphatic rings. The fourth-order valence-corrected chi connectivity index (χ4v) is 3.64. The first-order valence-corrected chi connectivity index (χ1v) is 10.0. The third kappa shape index (κ3) is 4.22. The topological polar surface area (TPSA) is 59.8 Å². The van der Waals surface area contributed by atoms with Crippen LogP contribution in [0.4, 0.5) is 5.82 Å². The van der Waals surface area contributed by atoms with E-state index in [9.17, 15) is 4.79 Å². The van der Waals surface area contributed by atoms with Gasteiger partial charge in [-0.1, -0.05) is 47.5 Å². The number of rotatable bonds is 4. The van der Waals surface area contributed by atoms with Crippen molar-refractivity contribution in [3.05, 3.63) is 87.5 Å². The van der Waals surface area contributed by atoms with Gasteiger partial charge in [0.05, 0.1) is 11.2 Å². The Morgan fingerprint density at radius 2 is 1.87 bits per heavy atom. The Bertz CT molecular complexity index is 1290. The van der Waals surface area contributed by atoms with E-state index in [0.717, 1.165) is 22.2 Å². The highest BCUT2D eigenvalue weighted by Gasteiger charge is 2.12. The van der Waals surface area contributed by atoms with Crippen LogP contribution in [0, 0.1) is 13.8 Å². The van der Waals surface area contributed by atoms with E-state index in [1.54, 1.807) is 35.0 Å². The van der Waals surface area contributed by atoms with Crippen LogP contribution in [0.15, 0.2) is 60.7 Å². The van der Waals surface area contributed by atoms with Gasteiger partial charge in [0.15, 0.2) is 5.82 Å². The number of benzene rings is 2. The van der Waals surface area contributed by atoms with Gasteiger partial charge < -0.3 is 5.32 Å². The summed E-state index contributed by atoms with van der Waals surface area (Å²) >= 11 is 12.1. The number of pyridine rings is 1. The average molecular weight is 437 g/mol. The first-order valence-electron chi connectivity index (χ1n) is 9.28. The molecule has 1 amide bonds. The van der Waals surface area contributed by atoms with Gasteiger partial charge in [-0.15, -0.1) is 0 Å². The van der Waals surface area contributed by atoms with Crippen molar-refractivity contribution in [2.75, 3.05) is 5.32 Å². The molecule has 0 aliphatic carbocycles. The highest BCUT2D eigenvalue weighted by Crippen LogP contribution is 2.23. The summed E-state index contributed by atoms with van der Waals surface area (Å²) in [5.74, 6) is 0.866. The van der Waals surface area contributed by atoms with E-state index < -0.39 is 0 Å². The van der Waals surface area contributed by atoms with Crippen LogP contribution in [-0.2, 0) is 4.79 Å². The quantitative estimate of drug-likeness (QED) is 0.399. The molecule has 0 atom stereocenters. The number of carbonyl (C=O) groups excluding carboxylic acids is 1. The third-order valence-electron chi connectivity index (χ3n) is 4.59. The van der Waals surface area contributed by atoms with Gasteiger partial charge in [0.2, 0.25) is 5.91 Å². The predicted octanol–water partition coefficient (Wildman–Crippen LogP) is 6.00. The molecule has 7 heteroatoms. The maximum Gasteiger partial charge on any atom is 0.249 e. The molecule has 0 radical (unpaired) electrons. The number of aromatic nitrogens is 3. The monoisotopic (exact) mass is 436 g/mol. The van der Waals surface area contributed by atoms with Crippen molar-refractivity contribution in [1.29, 1.82) is 0 Å². The summed E-state index contributed by atoms with van der Waals surface area (Å²) in [6, 6.07) is 16.8. The maximum atomic E-state index is 12.5. The fraction of sp³-hybridized carbons (Fsp3) is 0.0870. The lowest BCUT2D eigenvalue weighted by molar-refractivity contribution is -0.111. The van der Waals surface area contributed by atoms with E-state index >= 15 is 0 Å². The molecule has 0 unspecified atom stereocenters. The van der Waals surface area contributed by atoms with Crippen molar-refractivity contribution >= 4 is 51.9 Å². The Morgan fingerprint density at radius 1 is 1.07 bits per heavy atom. The first-order chi connectivity index (χ1) is 14.4. The van der Waals surface area contributed by atoms with Gasteiger partial charge in [0, 0.05) is 27.6 Å². The Morgan fingerprint density at radius 3 is 2.67 bits per heavy atom. The predicted molar refractivity (Wildman–Crippen MR) is 122 cm³/mol. The van der Waals surface area contributed by atoms with E-state index in [1.165, 1.54) is 6.08 Å². The van der Waals surface area contributed by atoms with Gasteiger partial charge in [-0.25, -0.2) is 4.98 Å². The summed E-state index contributed by atoms with van der Waals surface area (Å²) < 4.78 is 1.63. The minimum absolute atomic E-state index is 0.306. The van der Waals surface area contributed by atoms with Crippen LogP contribution < -0.4 is 5.32 Å². The SMILES string of the molecule is Cc1cc(NC(=O)/C=C/c2ccc(Cl)cc2Cl)n(-c2cc(C)c3ccccc3n2)n1. The Hall–Kier alpha value is -3.15. The highest BCUT2D eigenvalue weighted by molar-refractivity contribution is 6.35. The van der Waals surface area contributed by atoms with E-state index in [1.807, 2.05) is 44.2 Å². The van der Waals surface area contributed by atoms with Crippen LogP contribution in [-0.4, -0.2) is 20.7 Å². The molecule has 2 aromatic heterocycles. The molecule has 0 spiro atoms. The zero-order valence-corrected chi connectivity index (χ0v) is 17.9. The number of fused-ring (bicyclic) bond motifs is 1. The molecule has 0 saturated carbocycles. The lowest BCUT2D eigenvalue weighted by Crippen LogP contribution is -2.13. The number of hydrogen-bond acceptors (Lipinski definition) is 3. The summed E-state index contributed by atoms with van der Waals surface area (Å²) in [6.45, 7) is 3.89. The Balaban J connectivity index is 1.62. The van der Waals surface area contributed by atoms with E-state index in [4.69, 9.17) is 28.2 Å². The van der Waals surface area contributed by atoms with Crippen LogP contribution in [0.1, 0.15) is 16.8 Å². The van der Waals surface area contributed by atoms with E-state index in [2.05, 4.69) is 10.4 Å². The molecular formula is C23H18Cl2N4O. The average Bonchev–Trinajstić information content (AvgIpc) is 3.07. The number of hydrogen-bond donors (Lipinski definition) is 1. The van der Waals surface area contributed by atoms with Crippen molar-refractivity contribution in [3.63, 3.8) is 0 Å². The minimum atomic E-state index is -0.306. The van der Waals surface area contributed by atoms with Gasteiger partial charge in [-0.2, -0.15) is 9.78 Å². The lowest BCUT2D eigenvalue weighted by Gasteiger charge is -2.10. The minimum Gasteiger partial charge on any atom is -0.307 e. The number of aryl methyl sites for hydroxylation is 2. The molecule has 0 fully saturated rings. The number of carbonyl (C=O) groups is 1. The molecule has 4 rings (SSSR count). The summed E-state index contributed by atoms with van der Waals surface area (Å²) in [7, 11) is 0. The second-order valence-corrected chi connectivity index (χ2v) is 7.73. The summed E-state index contributed by atoms with van der Waals surface area (Å²) in [6.07, 6.45) is 3.06. The smallest absolute Gasteiger partial charge is 0.249 e. The van der Waals surface area contributed by atoms with E-state index in [0.29, 0.717) is 27.2 Å².